The summed E-state index contributed by atoms with van der Waals surface area (Å²) in [7, 11) is 1.64. The Hall–Kier alpha value is -2.60. The Morgan fingerprint density at radius 2 is 1.90 bits per heavy atom. The molecule has 5 nitrogen and oxygen atoms in total. The number of ether oxygens (including phenoxy) is 2. The average Bonchev–Trinajstić information content (AvgIpc) is 2.72. The highest BCUT2D eigenvalue weighted by Gasteiger charge is 2.38. The summed E-state index contributed by atoms with van der Waals surface area (Å²) < 4.78 is 25.7. The number of likely N-dealkylation sites (tertiary alicyclic amines) is 1. The Labute approximate surface area is 178 Å². The Morgan fingerprint density at radius 1 is 1.20 bits per heavy atom. The molecule has 0 spiro atoms. The molecule has 6 heteroatoms. The van der Waals surface area contributed by atoms with Crippen LogP contribution in [0.4, 0.5) is 4.39 Å². The number of nitrogens with zero attached hydrogens (tertiary/aromatic N) is 1. The largest absolute Gasteiger partial charge is 0.493 e. The lowest BCUT2D eigenvalue weighted by Gasteiger charge is -2.43. The van der Waals surface area contributed by atoms with Crippen LogP contribution >= 0.6 is 0 Å². The molecule has 2 aromatic carbocycles. The number of methoxy groups -OCH3 is 1. The molecule has 0 aromatic heterocycles. The number of aryl methyl sites for hydroxylation is 1. The van der Waals surface area contributed by atoms with Crippen LogP contribution in [-0.2, 0) is 16.9 Å². The van der Waals surface area contributed by atoms with E-state index in [0.29, 0.717) is 25.0 Å². The minimum absolute atomic E-state index is 0.140. The summed E-state index contributed by atoms with van der Waals surface area (Å²) >= 11 is 0. The Morgan fingerprint density at radius 3 is 2.50 bits per heavy atom. The summed E-state index contributed by atoms with van der Waals surface area (Å²) in [5.74, 6) is 1.07. The number of rotatable bonds is 7. The third-order valence-corrected chi connectivity index (χ3v) is 5.83. The van der Waals surface area contributed by atoms with Crippen LogP contribution in [0.15, 0.2) is 36.4 Å². The molecule has 1 amide bonds. The summed E-state index contributed by atoms with van der Waals surface area (Å²) in [4.78, 5) is 14.2. The zero-order valence-corrected chi connectivity index (χ0v) is 18.3. The van der Waals surface area contributed by atoms with Crippen LogP contribution in [0, 0.1) is 12.7 Å². The van der Waals surface area contributed by atoms with Crippen LogP contribution < -0.4 is 14.8 Å². The molecule has 0 radical (unpaired) electrons. The lowest BCUT2D eigenvalue weighted by atomic mass is 9.80. The minimum Gasteiger partial charge on any atom is -0.493 e. The van der Waals surface area contributed by atoms with Crippen molar-refractivity contribution in [3.63, 3.8) is 0 Å². The van der Waals surface area contributed by atoms with Crippen LogP contribution in [-0.4, -0.2) is 37.6 Å². The number of piperidine rings is 1. The zero-order valence-electron chi connectivity index (χ0n) is 18.3. The first kappa shape index (κ1) is 22.1. The second-order valence-electron chi connectivity index (χ2n) is 7.88. The predicted octanol–water partition coefficient (Wildman–Crippen LogP) is 4.17. The van der Waals surface area contributed by atoms with Crippen LogP contribution in [0.5, 0.6) is 11.5 Å². The fourth-order valence-electron chi connectivity index (χ4n) is 4.28. The second kappa shape index (κ2) is 9.47. The van der Waals surface area contributed by atoms with Gasteiger partial charge in [-0.1, -0.05) is 18.2 Å². The molecule has 1 heterocycles. The summed E-state index contributed by atoms with van der Waals surface area (Å²) in [6.07, 6.45) is 1.31. The second-order valence-corrected chi connectivity index (χ2v) is 7.88. The summed E-state index contributed by atoms with van der Waals surface area (Å²) in [5, 5.41) is 3.05. The van der Waals surface area contributed by atoms with Crippen molar-refractivity contribution in [1.29, 1.82) is 0 Å². The molecule has 3 rings (SSSR count). The molecule has 1 saturated heterocycles. The monoisotopic (exact) mass is 414 g/mol. The van der Waals surface area contributed by atoms with E-state index in [-0.39, 0.29) is 11.7 Å². The lowest BCUT2D eigenvalue weighted by Crippen LogP contribution is -2.52. The maximum atomic E-state index is 14.6. The number of amides is 1. The van der Waals surface area contributed by atoms with E-state index < -0.39 is 5.54 Å². The van der Waals surface area contributed by atoms with Crippen molar-refractivity contribution in [2.24, 2.45) is 0 Å². The standard InChI is InChI=1S/C24H31FN2O3/c1-5-30-23-15-19(17(2)14-22(23)29-4)16-27-12-10-24(11-13-27,26-18(3)28)20-8-6-7-9-21(20)25/h6-9,14-15H,5,10-13,16H2,1-4H3,(H,26,28). The maximum absolute atomic E-state index is 14.6. The van der Waals surface area contributed by atoms with Crippen LogP contribution in [0.25, 0.3) is 0 Å². The molecule has 0 unspecified atom stereocenters. The number of carbonyl (C=O) groups is 1. The number of carbonyl (C=O) groups excluding carboxylic acids is 1. The number of hydrogen-bond donors (Lipinski definition) is 1. The average molecular weight is 415 g/mol. The topological polar surface area (TPSA) is 50.8 Å². The van der Waals surface area contributed by atoms with Crippen molar-refractivity contribution in [3.8, 4) is 11.5 Å². The zero-order chi connectivity index (χ0) is 21.7. The fourth-order valence-corrected chi connectivity index (χ4v) is 4.28. The van der Waals surface area contributed by atoms with Crippen molar-refractivity contribution >= 4 is 5.91 Å². The van der Waals surface area contributed by atoms with Gasteiger partial charge in [-0.15, -0.1) is 0 Å². The van der Waals surface area contributed by atoms with Crippen molar-refractivity contribution < 1.29 is 18.7 Å². The van der Waals surface area contributed by atoms with Crippen molar-refractivity contribution in [3.05, 3.63) is 58.9 Å². The van der Waals surface area contributed by atoms with Gasteiger partial charge in [0.15, 0.2) is 11.5 Å². The van der Waals surface area contributed by atoms with Gasteiger partial charge in [0.25, 0.3) is 0 Å². The quantitative estimate of drug-likeness (QED) is 0.739. The van der Waals surface area contributed by atoms with Crippen molar-refractivity contribution in [1.82, 2.24) is 10.2 Å². The fraction of sp³-hybridized carbons (Fsp3) is 0.458. The van der Waals surface area contributed by atoms with E-state index in [2.05, 4.69) is 17.1 Å². The van der Waals surface area contributed by atoms with E-state index in [4.69, 9.17) is 9.47 Å². The van der Waals surface area contributed by atoms with E-state index in [0.717, 1.165) is 36.7 Å². The molecule has 1 aliphatic heterocycles. The number of benzene rings is 2. The molecular weight excluding hydrogens is 383 g/mol. The third-order valence-electron chi connectivity index (χ3n) is 5.83. The van der Waals surface area contributed by atoms with Crippen LogP contribution in [0.1, 0.15) is 43.4 Å². The first-order valence-electron chi connectivity index (χ1n) is 10.4. The highest BCUT2D eigenvalue weighted by Crippen LogP contribution is 2.36. The molecular formula is C24H31FN2O3. The molecule has 0 aliphatic carbocycles. The summed E-state index contributed by atoms with van der Waals surface area (Å²) in [5.41, 5.74) is 2.22. The highest BCUT2D eigenvalue weighted by molar-refractivity contribution is 5.74. The first-order valence-corrected chi connectivity index (χ1v) is 10.4. The highest BCUT2D eigenvalue weighted by atomic mass is 19.1. The lowest BCUT2D eigenvalue weighted by molar-refractivity contribution is -0.121. The van der Waals surface area contributed by atoms with Crippen molar-refractivity contribution in [2.75, 3.05) is 26.8 Å². The number of nitrogens with one attached hydrogen (secondary N) is 1. The Bertz CT molecular complexity index is 892. The van der Waals surface area contributed by atoms with Gasteiger partial charge in [0.1, 0.15) is 5.82 Å². The minimum atomic E-state index is -0.668. The normalized spacial score (nSPS) is 16.2. The van der Waals surface area contributed by atoms with Gasteiger partial charge in [-0.3, -0.25) is 9.69 Å². The predicted molar refractivity (Wildman–Crippen MR) is 115 cm³/mol. The molecule has 0 atom stereocenters. The van der Waals surface area contributed by atoms with Gasteiger partial charge in [-0.05, 0) is 56.0 Å². The van der Waals surface area contributed by atoms with Gasteiger partial charge in [0.05, 0.1) is 19.3 Å². The molecule has 1 aliphatic rings. The SMILES string of the molecule is CCOc1cc(CN2CCC(NC(C)=O)(c3ccccc3F)CC2)c(C)cc1OC. The van der Waals surface area contributed by atoms with E-state index in [9.17, 15) is 9.18 Å². The van der Waals surface area contributed by atoms with E-state index in [1.807, 2.05) is 25.1 Å². The van der Waals surface area contributed by atoms with Gasteiger partial charge in [-0.2, -0.15) is 0 Å². The summed E-state index contributed by atoms with van der Waals surface area (Å²) in [6.45, 7) is 8.36. The molecule has 0 bridgehead atoms. The molecule has 162 valence electrons. The van der Waals surface area contributed by atoms with E-state index in [1.54, 1.807) is 19.2 Å². The number of halogens is 1. The van der Waals surface area contributed by atoms with Gasteiger partial charge in [0, 0.05) is 32.1 Å². The number of hydrogen-bond acceptors (Lipinski definition) is 4. The smallest absolute Gasteiger partial charge is 0.217 e. The summed E-state index contributed by atoms with van der Waals surface area (Å²) in [6, 6.07) is 10.8. The van der Waals surface area contributed by atoms with Crippen LogP contribution in [0.3, 0.4) is 0 Å². The van der Waals surface area contributed by atoms with Gasteiger partial charge in [0.2, 0.25) is 5.91 Å². The first-order chi connectivity index (χ1) is 14.4. The molecule has 1 fully saturated rings. The maximum Gasteiger partial charge on any atom is 0.217 e. The molecule has 2 aromatic rings. The van der Waals surface area contributed by atoms with Gasteiger partial charge < -0.3 is 14.8 Å². The molecule has 1 N–H and O–H groups in total. The van der Waals surface area contributed by atoms with Gasteiger partial charge in [-0.25, -0.2) is 4.39 Å². The molecule has 0 saturated carbocycles. The third kappa shape index (κ3) is 4.75. The van der Waals surface area contributed by atoms with E-state index in [1.165, 1.54) is 18.6 Å². The van der Waals surface area contributed by atoms with Crippen LogP contribution in [0.2, 0.25) is 0 Å². The Balaban J connectivity index is 1.78. The van der Waals surface area contributed by atoms with E-state index >= 15 is 0 Å². The van der Waals surface area contributed by atoms with Crippen molar-refractivity contribution in [2.45, 2.75) is 45.7 Å². The molecule has 30 heavy (non-hydrogen) atoms. The Kier molecular flexibility index (Phi) is 6.98. The van der Waals surface area contributed by atoms with Gasteiger partial charge >= 0.3 is 0 Å².